The normalized spacial score (nSPS) is 20.8. The summed E-state index contributed by atoms with van der Waals surface area (Å²) in [5.74, 6) is 0.115. The highest BCUT2D eigenvalue weighted by Gasteiger charge is 2.35. The molecule has 0 atom stereocenters. The zero-order chi connectivity index (χ0) is 14.1. The van der Waals surface area contributed by atoms with Gasteiger partial charge in [0.25, 0.3) is 5.91 Å². The Kier molecular flexibility index (Phi) is 4.45. The van der Waals surface area contributed by atoms with E-state index in [0.29, 0.717) is 6.04 Å². The number of carbonyl (C=O) groups is 1. The van der Waals surface area contributed by atoms with E-state index in [2.05, 4.69) is 42.1 Å². The molecule has 3 rings (SSSR count). The summed E-state index contributed by atoms with van der Waals surface area (Å²) < 4.78 is 1.79. The Morgan fingerprint density at radius 3 is 2.60 bits per heavy atom. The standard InChI is InChI=1S/C14H17Br2N3O/c15-10-1-2-13(16)12(7-10)14(20)19-8-11(9-19)18-5-3-17-4-6-18/h1-2,7,11,17H,3-6,8-9H2. The summed E-state index contributed by atoms with van der Waals surface area (Å²) in [6.07, 6.45) is 0. The summed E-state index contributed by atoms with van der Waals surface area (Å²) in [5.41, 5.74) is 0.734. The number of likely N-dealkylation sites (tertiary alicyclic amines) is 1. The third-order valence-corrected chi connectivity index (χ3v) is 5.16. The smallest absolute Gasteiger partial charge is 0.255 e. The molecular weight excluding hydrogens is 386 g/mol. The summed E-state index contributed by atoms with van der Waals surface area (Å²) in [7, 11) is 0. The first-order valence-electron chi connectivity index (χ1n) is 6.84. The second kappa shape index (κ2) is 6.13. The molecule has 4 nitrogen and oxygen atoms in total. The van der Waals surface area contributed by atoms with Crippen molar-refractivity contribution in [1.82, 2.24) is 15.1 Å². The van der Waals surface area contributed by atoms with E-state index >= 15 is 0 Å². The van der Waals surface area contributed by atoms with Crippen molar-refractivity contribution in [3.63, 3.8) is 0 Å². The SMILES string of the molecule is O=C(c1cc(Br)ccc1Br)N1CC(N2CCNCC2)C1. The van der Waals surface area contributed by atoms with Gasteiger partial charge >= 0.3 is 0 Å². The Labute approximate surface area is 135 Å². The van der Waals surface area contributed by atoms with Crippen molar-refractivity contribution in [3.05, 3.63) is 32.7 Å². The van der Waals surface area contributed by atoms with E-state index < -0.39 is 0 Å². The second-order valence-corrected chi connectivity index (χ2v) is 7.04. The molecule has 2 heterocycles. The maximum atomic E-state index is 12.5. The Balaban J connectivity index is 1.61. The van der Waals surface area contributed by atoms with Gasteiger partial charge in [-0.1, -0.05) is 15.9 Å². The van der Waals surface area contributed by atoms with Crippen LogP contribution in [0, 0.1) is 0 Å². The van der Waals surface area contributed by atoms with E-state index in [1.807, 2.05) is 23.1 Å². The average molecular weight is 403 g/mol. The number of benzene rings is 1. The number of piperazine rings is 1. The Morgan fingerprint density at radius 1 is 1.20 bits per heavy atom. The number of nitrogens with one attached hydrogen (secondary N) is 1. The van der Waals surface area contributed by atoms with Gasteiger partial charge in [0.05, 0.1) is 5.56 Å². The van der Waals surface area contributed by atoms with Gasteiger partial charge in [-0.3, -0.25) is 9.69 Å². The van der Waals surface area contributed by atoms with Crippen molar-refractivity contribution < 1.29 is 4.79 Å². The lowest BCUT2D eigenvalue weighted by molar-refractivity contribution is 0.0226. The quantitative estimate of drug-likeness (QED) is 0.821. The van der Waals surface area contributed by atoms with E-state index in [4.69, 9.17) is 0 Å². The number of hydrogen-bond donors (Lipinski definition) is 1. The monoisotopic (exact) mass is 401 g/mol. The fourth-order valence-electron chi connectivity index (χ4n) is 2.73. The molecule has 2 aliphatic rings. The third kappa shape index (κ3) is 2.93. The van der Waals surface area contributed by atoms with Crippen LogP contribution < -0.4 is 5.32 Å². The molecule has 1 amide bonds. The first-order chi connectivity index (χ1) is 9.65. The topological polar surface area (TPSA) is 35.6 Å². The molecule has 1 N–H and O–H groups in total. The van der Waals surface area contributed by atoms with Crippen LogP contribution in [0.4, 0.5) is 0 Å². The van der Waals surface area contributed by atoms with Crippen LogP contribution in [0.2, 0.25) is 0 Å². The van der Waals surface area contributed by atoms with Gasteiger partial charge in [0.2, 0.25) is 0 Å². The van der Waals surface area contributed by atoms with E-state index in [0.717, 1.165) is 53.8 Å². The number of hydrogen-bond acceptors (Lipinski definition) is 3. The van der Waals surface area contributed by atoms with Crippen LogP contribution in [0.3, 0.4) is 0 Å². The predicted molar refractivity (Wildman–Crippen MR) is 86.0 cm³/mol. The summed E-state index contributed by atoms with van der Waals surface area (Å²) in [4.78, 5) is 16.9. The first-order valence-corrected chi connectivity index (χ1v) is 8.43. The van der Waals surface area contributed by atoms with Gasteiger partial charge in [0.1, 0.15) is 0 Å². The van der Waals surface area contributed by atoms with Crippen LogP contribution in [0.25, 0.3) is 0 Å². The molecule has 2 saturated heterocycles. The molecule has 108 valence electrons. The summed E-state index contributed by atoms with van der Waals surface area (Å²) in [6.45, 7) is 5.99. The zero-order valence-corrected chi connectivity index (χ0v) is 14.3. The summed E-state index contributed by atoms with van der Waals surface area (Å²) >= 11 is 6.88. The van der Waals surface area contributed by atoms with Gasteiger partial charge in [-0.25, -0.2) is 0 Å². The number of carbonyl (C=O) groups excluding carboxylic acids is 1. The number of rotatable bonds is 2. The third-order valence-electron chi connectivity index (χ3n) is 3.98. The number of nitrogens with zero attached hydrogens (tertiary/aromatic N) is 2. The molecule has 0 saturated carbocycles. The maximum absolute atomic E-state index is 12.5. The first kappa shape index (κ1) is 14.5. The van der Waals surface area contributed by atoms with Crippen LogP contribution in [-0.4, -0.2) is 61.0 Å². The fourth-order valence-corrected chi connectivity index (χ4v) is 3.51. The predicted octanol–water partition coefficient (Wildman–Crippen LogP) is 1.94. The summed E-state index contributed by atoms with van der Waals surface area (Å²) in [6, 6.07) is 6.25. The minimum absolute atomic E-state index is 0.115. The van der Waals surface area contributed by atoms with Crippen LogP contribution in [0.5, 0.6) is 0 Å². The molecular formula is C14H17Br2N3O. The summed E-state index contributed by atoms with van der Waals surface area (Å²) in [5, 5.41) is 3.36. The van der Waals surface area contributed by atoms with Gasteiger partial charge in [0.15, 0.2) is 0 Å². The van der Waals surface area contributed by atoms with Crippen LogP contribution in [0.1, 0.15) is 10.4 Å². The lowest BCUT2D eigenvalue weighted by atomic mass is 10.0. The molecule has 0 radical (unpaired) electrons. The molecule has 0 unspecified atom stereocenters. The Morgan fingerprint density at radius 2 is 1.90 bits per heavy atom. The molecule has 2 aliphatic heterocycles. The van der Waals surface area contributed by atoms with Crippen LogP contribution in [0.15, 0.2) is 27.1 Å². The van der Waals surface area contributed by atoms with E-state index in [1.165, 1.54) is 0 Å². The fraction of sp³-hybridized carbons (Fsp3) is 0.500. The van der Waals surface area contributed by atoms with Crippen LogP contribution >= 0.6 is 31.9 Å². The molecule has 2 fully saturated rings. The van der Waals surface area contributed by atoms with Crippen LogP contribution in [-0.2, 0) is 0 Å². The highest BCUT2D eigenvalue weighted by atomic mass is 79.9. The van der Waals surface area contributed by atoms with E-state index in [1.54, 1.807) is 0 Å². The lowest BCUT2D eigenvalue weighted by Gasteiger charge is -2.46. The van der Waals surface area contributed by atoms with Gasteiger partial charge in [-0.2, -0.15) is 0 Å². The Bertz CT molecular complexity index is 511. The molecule has 1 aromatic rings. The van der Waals surface area contributed by atoms with Crippen molar-refractivity contribution >= 4 is 37.8 Å². The lowest BCUT2D eigenvalue weighted by Crippen LogP contribution is -2.63. The number of amides is 1. The largest absolute Gasteiger partial charge is 0.335 e. The maximum Gasteiger partial charge on any atom is 0.255 e. The minimum atomic E-state index is 0.115. The molecule has 6 heteroatoms. The zero-order valence-electron chi connectivity index (χ0n) is 11.1. The van der Waals surface area contributed by atoms with Gasteiger partial charge in [0, 0.05) is 54.3 Å². The molecule has 1 aromatic carbocycles. The minimum Gasteiger partial charge on any atom is -0.335 e. The Hall–Kier alpha value is -0.430. The highest BCUT2D eigenvalue weighted by molar-refractivity contribution is 9.11. The number of halogens is 2. The van der Waals surface area contributed by atoms with Gasteiger partial charge in [-0.15, -0.1) is 0 Å². The van der Waals surface area contributed by atoms with Crippen molar-refractivity contribution in [2.45, 2.75) is 6.04 Å². The van der Waals surface area contributed by atoms with Crippen molar-refractivity contribution in [3.8, 4) is 0 Å². The van der Waals surface area contributed by atoms with Gasteiger partial charge in [-0.05, 0) is 34.1 Å². The highest BCUT2D eigenvalue weighted by Crippen LogP contribution is 2.25. The van der Waals surface area contributed by atoms with Crippen molar-refractivity contribution in [2.24, 2.45) is 0 Å². The van der Waals surface area contributed by atoms with E-state index in [9.17, 15) is 4.79 Å². The van der Waals surface area contributed by atoms with E-state index in [-0.39, 0.29) is 5.91 Å². The molecule has 0 aliphatic carbocycles. The average Bonchev–Trinajstić information content (AvgIpc) is 2.41. The molecule has 0 bridgehead atoms. The second-order valence-electron chi connectivity index (χ2n) is 5.27. The molecule has 0 spiro atoms. The molecule has 20 heavy (non-hydrogen) atoms. The van der Waals surface area contributed by atoms with Crippen molar-refractivity contribution in [2.75, 3.05) is 39.3 Å². The van der Waals surface area contributed by atoms with Gasteiger partial charge < -0.3 is 10.2 Å². The van der Waals surface area contributed by atoms with Crippen molar-refractivity contribution in [1.29, 1.82) is 0 Å². The molecule has 0 aromatic heterocycles.